The van der Waals surface area contributed by atoms with E-state index in [0.29, 0.717) is 6.42 Å². The second-order valence-electron chi connectivity index (χ2n) is 4.80. The predicted molar refractivity (Wildman–Crippen MR) is 74.1 cm³/mol. The van der Waals surface area contributed by atoms with Gasteiger partial charge in [-0.15, -0.1) is 0 Å². The Kier molecular flexibility index (Phi) is 3.76. The smallest absolute Gasteiger partial charge is 0.270 e. The lowest BCUT2D eigenvalue weighted by molar-refractivity contribution is -0.384. The van der Waals surface area contributed by atoms with E-state index in [2.05, 4.69) is 26.8 Å². The maximum absolute atomic E-state index is 11.8. The summed E-state index contributed by atoms with van der Waals surface area (Å²) in [5, 5.41) is 10.6. The average Bonchev–Trinajstić information content (AvgIpc) is 3.04. The molecule has 1 fully saturated rings. The molecule has 0 saturated heterocycles. The Morgan fingerprint density at radius 3 is 2.65 bits per heavy atom. The molecule has 20 heavy (non-hydrogen) atoms. The van der Waals surface area contributed by atoms with E-state index in [-0.39, 0.29) is 22.0 Å². The summed E-state index contributed by atoms with van der Waals surface area (Å²) in [6.07, 6.45) is 0.700. The lowest BCUT2D eigenvalue weighted by atomic mass is 10.1. The van der Waals surface area contributed by atoms with Crippen LogP contribution in [0.2, 0.25) is 0 Å². The van der Waals surface area contributed by atoms with Gasteiger partial charge in [0.1, 0.15) is 0 Å². The molecule has 0 aliphatic heterocycles. The molecule has 1 saturated carbocycles. The molecule has 106 valence electrons. The summed E-state index contributed by atoms with van der Waals surface area (Å²) in [6, 6.07) is 5.27. The minimum atomic E-state index is -0.600. The van der Waals surface area contributed by atoms with E-state index >= 15 is 0 Å². The Labute approximate surface area is 123 Å². The molecule has 0 unspecified atom stereocenters. The van der Waals surface area contributed by atoms with Crippen LogP contribution in [0.15, 0.2) is 24.3 Å². The standard InChI is InChI=1S/C12H12BrN3O4/c1-12(6-9(12)13)11(18)15-14-10(17)7-3-2-4-8(5-7)16(19)20/h2-5,9H,6H2,1H3,(H,14,17)(H,15,18)/t9-,12+/m1/s1. The third-order valence-electron chi connectivity index (χ3n) is 3.26. The summed E-state index contributed by atoms with van der Waals surface area (Å²) in [4.78, 5) is 33.7. The molecule has 0 bridgehead atoms. The zero-order chi connectivity index (χ0) is 14.9. The van der Waals surface area contributed by atoms with Crippen LogP contribution in [0.25, 0.3) is 0 Å². The molecule has 0 heterocycles. The van der Waals surface area contributed by atoms with Crippen LogP contribution in [-0.4, -0.2) is 21.6 Å². The number of rotatable bonds is 3. The van der Waals surface area contributed by atoms with Gasteiger partial charge in [-0.3, -0.25) is 30.6 Å². The molecule has 1 aromatic rings. The second-order valence-corrected chi connectivity index (χ2v) is 5.91. The highest BCUT2D eigenvalue weighted by Gasteiger charge is 2.54. The van der Waals surface area contributed by atoms with Gasteiger partial charge >= 0.3 is 0 Å². The number of nitrogens with one attached hydrogen (secondary N) is 2. The Morgan fingerprint density at radius 1 is 1.45 bits per heavy atom. The van der Waals surface area contributed by atoms with Gasteiger partial charge in [-0.25, -0.2) is 0 Å². The highest BCUT2D eigenvalue weighted by Crippen LogP contribution is 2.51. The first-order chi connectivity index (χ1) is 9.34. The first-order valence-electron chi connectivity index (χ1n) is 5.84. The molecule has 2 atom stereocenters. The zero-order valence-corrected chi connectivity index (χ0v) is 12.1. The van der Waals surface area contributed by atoms with E-state index in [1.165, 1.54) is 18.2 Å². The number of hydrogen-bond acceptors (Lipinski definition) is 4. The van der Waals surface area contributed by atoms with E-state index in [1.807, 2.05) is 0 Å². The van der Waals surface area contributed by atoms with Crippen molar-refractivity contribution < 1.29 is 14.5 Å². The Hall–Kier alpha value is -1.96. The molecule has 8 heteroatoms. The molecule has 0 spiro atoms. The van der Waals surface area contributed by atoms with Gasteiger partial charge in [-0.2, -0.15) is 0 Å². The Morgan fingerprint density at radius 2 is 2.10 bits per heavy atom. The number of amides is 2. The molecule has 1 aliphatic rings. The average molecular weight is 342 g/mol. The number of nitro benzene ring substituents is 1. The van der Waals surface area contributed by atoms with Crippen LogP contribution in [0, 0.1) is 15.5 Å². The van der Waals surface area contributed by atoms with Crippen molar-refractivity contribution in [3.63, 3.8) is 0 Å². The maximum atomic E-state index is 11.8. The summed E-state index contributed by atoms with van der Waals surface area (Å²) in [5.74, 6) is -0.893. The first kappa shape index (κ1) is 14.4. The fourth-order valence-electron chi connectivity index (χ4n) is 1.64. The number of benzene rings is 1. The monoisotopic (exact) mass is 341 g/mol. The van der Waals surface area contributed by atoms with Crippen LogP contribution in [0.3, 0.4) is 0 Å². The summed E-state index contributed by atoms with van der Waals surface area (Å²) in [6.45, 7) is 1.78. The van der Waals surface area contributed by atoms with Crippen molar-refractivity contribution in [3.8, 4) is 0 Å². The molecule has 2 amide bonds. The number of nitrogens with zero attached hydrogens (tertiary/aromatic N) is 1. The number of halogens is 1. The molecule has 0 aromatic heterocycles. The minimum absolute atomic E-state index is 0.102. The number of alkyl halides is 1. The SMILES string of the molecule is C[C@]1(C(=O)NNC(=O)c2cccc([N+](=O)[O-])c2)C[C@H]1Br. The van der Waals surface area contributed by atoms with Crippen LogP contribution in [-0.2, 0) is 4.79 Å². The maximum Gasteiger partial charge on any atom is 0.270 e. The fraction of sp³-hybridized carbons (Fsp3) is 0.333. The topological polar surface area (TPSA) is 101 Å². The van der Waals surface area contributed by atoms with Crippen molar-refractivity contribution in [1.29, 1.82) is 0 Å². The Balaban J connectivity index is 1.97. The highest BCUT2D eigenvalue weighted by atomic mass is 79.9. The van der Waals surface area contributed by atoms with Gasteiger partial charge in [0.25, 0.3) is 11.6 Å². The number of non-ortho nitro benzene ring substituents is 1. The van der Waals surface area contributed by atoms with Crippen molar-refractivity contribution >= 4 is 33.4 Å². The second kappa shape index (κ2) is 5.20. The molecule has 1 aromatic carbocycles. The number of carbonyl (C=O) groups is 2. The lowest BCUT2D eigenvalue weighted by Gasteiger charge is -2.11. The lowest BCUT2D eigenvalue weighted by Crippen LogP contribution is -2.45. The number of nitro groups is 1. The summed E-state index contributed by atoms with van der Waals surface area (Å²) >= 11 is 3.33. The van der Waals surface area contributed by atoms with Crippen molar-refractivity contribution in [2.75, 3.05) is 0 Å². The van der Waals surface area contributed by atoms with Crippen LogP contribution in [0.4, 0.5) is 5.69 Å². The van der Waals surface area contributed by atoms with Crippen molar-refractivity contribution in [1.82, 2.24) is 10.9 Å². The fourth-order valence-corrected chi connectivity index (χ4v) is 2.52. The van der Waals surface area contributed by atoms with Crippen LogP contribution >= 0.6 is 15.9 Å². The van der Waals surface area contributed by atoms with E-state index in [9.17, 15) is 19.7 Å². The Bertz CT molecular complexity index is 592. The minimum Gasteiger partial charge on any atom is -0.273 e. The van der Waals surface area contributed by atoms with Crippen LogP contribution in [0.5, 0.6) is 0 Å². The molecule has 7 nitrogen and oxygen atoms in total. The molecule has 0 radical (unpaired) electrons. The number of hydrogen-bond donors (Lipinski definition) is 2. The van der Waals surface area contributed by atoms with Crippen LogP contribution < -0.4 is 10.9 Å². The van der Waals surface area contributed by atoms with Crippen molar-refractivity contribution in [3.05, 3.63) is 39.9 Å². The largest absolute Gasteiger partial charge is 0.273 e. The molecule has 2 N–H and O–H groups in total. The van der Waals surface area contributed by atoms with Gasteiger partial charge in [0, 0.05) is 22.5 Å². The van der Waals surface area contributed by atoms with Gasteiger partial charge in [0.05, 0.1) is 10.3 Å². The summed E-state index contributed by atoms with van der Waals surface area (Å²) < 4.78 is 0. The van der Waals surface area contributed by atoms with E-state index in [1.54, 1.807) is 6.92 Å². The molecule has 2 rings (SSSR count). The van der Waals surface area contributed by atoms with Crippen molar-refractivity contribution in [2.45, 2.75) is 18.2 Å². The third kappa shape index (κ3) is 2.79. The number of carbonyl (C=O) groups excluding carboxylic acids is 2. The molecular formula is C12H12BrN3O4. The summed E-state index contributed by atoms with van der Waals surface area (Å²) in [7, 11) is 0. The van der Waals surface area contributed by atoms with E-state index in [4.69, 9.17) is 0 Å². The number of hydrazine groups is 1. The van der Waals surface area contributed by atoms with Gasteiger partial charge in [0.15, 0.2) is 0 Å². The summed E-state index contributed by atoms with van der Waals surface area (Å²) in [5.41, 5.74) is 3.98. The van der Waals surface area contributed by atoms with Gasteiger partial charge < -0.3 is 0 Å². The first-order valence-corrected chi connectivity index (χ1v) is 6.75. The van der Waals surface area contributed by atoms with Crippen molar-refractivity contribution in [2.24, 2.45) is 5.41 Å². The van der Waals surface area contributed by atoms with Gasteiger partial charge in [-0.05, 0) is 19.4 Å². The molecule has 1 aliphatic carbocycles. The quantitative estimate of drug-likeness (QED) is 0.494. The zero-order valence-electron chi connectivity index (χ0n) is 10.6. The normalized spacial score (nSPS) is 23.8. The van der Waals surface area contributed by atoms with E-state index < -0.39 is 16.2 Å². The third-order valence-corrected chi connectivity index (χ3v) is 4.60. The highest BCUT2D eigenvalue weighted by molar-refractivity contribution is 9.09. The van der Waals surface area contributed by atoms with E-state index in [0.717, 1.165) is 6.07 Å². The molecular weight excluding hydrogens is 330 g/mol. The predicted octanol–water partition coefficient (Wildman–Crippen LogP) is 1.53. The van der Waals surface area contributed by atoms with Gasteiger partial charge in [-0.1, -0.05) is 22.0 Å². The van der Waals surface area contributed by atoms with Crippen LogP contribution in [0.1, 0.15) is 23.7 Å². The van der Waals surface area contributed by atoms with Gasteiger partial charge in [0.2, 0.25) is 5.91 Å².